The van der Waals surface area contributed by atoms with Gasteiger partial charge in [0.2, 0.25) is 0 Å². The minimum absolute atomic E-state index is 0.187. The molecule has 1 amide bonds. The quantitative estimate of drug-likeness (QED) is 0.480. The Morgan fingerprint density at radius 2 is 2.41 bits per heavy atom. The monoisotopic (exact) mass is 254 g/mol. The van der Waals surface area contributed by atoms with Crippen LogP contribution in [0.3, 0.4) is 0 Å². The van der Waals surface area contributed by atoms with E-state index < -0.39 is 0 Å². The Morgan fingerprint density at radius 1 is 1.65 bits per heavy atom. The highest BCUT2D eigenvalue weighted by molar-refractivity contribution is 6.29. The lowest BCUT2D eigenvalue weighted by molar-refractivity contribution is 0.0926. The third-order valence-corrected chi connectivity index (χ3v) is 2.08. The summed E-state index contributed by atoms with van der Waals surface area (Å²) < 4.78 is 5.25. The van der Waals surface area contributed by atoms with Crippen molar-refractivity contribution in [3.8, 4) is 0 Å². The van der Waals surface area contributed by atoms with Gasteiger partial charge in [0.15, 0.2) is 0 Å². The van der Waals surface area contributed by atoms with E-state index in [1.165, 1.54) is 12.3 Å². The van der Waals surface area contributed by atoms with Gasteiger partial charge in [-0.3, -0.25) is 4.79 Å². The van der Waals surface area contributed by atoms with Crippen LogP contribution in [0.5, 0.6) is 0 Å². The van der Waals surface area contributed by atoms with E-state index in [0.29, 0.717) is 30.5 Å². The van der Waals surface area contributed by atoms with Gasteiger partial charge in [-0.2, -0.15) is 0 Å². The molecule has 0 spiro atoms. The number of aromatic nitrogens is 1. The van der Waals surface area contributed by atoms with Crippen LogP contribution in [0.25, 0.3) is 0 Å². The van der Waals surface area contributed by atoms with E-state index in [1.54, 1.807) is 6.07 Å². The number of nitrogens with one attached hydrogen (secondary N) is 1. The van der Waals surface area contributed by atoms with Crippen LogP contribution >= 0.6 is 11.6 Å². The minimum Gasteiger partial charge on any atom is -0.375 e. The van der Waals surface area contributed by atoms with Crippen molar-refractivity contribution in [2.45, 2.75) is 6.92 Å². The number of ether oxygens (including phenoxy) is 1. The molecule has 0 aliphatic carbocycles. The van der Waals surface area contributed by atoms with Gasteiger partial charge in [-0.25, -0.2) is 4.98 Å². The molecule has 0 fully saturated rings. The van der Waals surface area contributed by atoms with E-state index in [1.807, 2.05) is 6.92 Å². The molecule has 17 heavy (non-hydrogen) atoms. The number of carbonyl (C=O) groups is 1. The first kappa shape index (κ1) is 13.7. The maximum atomic E-state index is 11.6. The lowest BCUT2D eigenvalue weighted by Gasteiger charge is -2.06. The van der Waals surface area contributed by atoms with Crippen molar-refractivity contribution in [2.75, 3.05) is 19.8 Å². The van der Waals surface area contributed by atoms with E-state index in [2.05, 4.69) is 16.9 Å². The third-order valence-electron chi connectivity index (χ3n) is 1.87. The molecule has 0 bridgehead atoms. The van der Waals surface area contributed by atoms with E-state index in [9.17, 15) is 4.79 Å². The van der Waals surface area contributed by atoms with Crippen LogP contribution in [-0.2, 0) is 4.74 Å². The van der Waals surface area contributed by atoms with Crippen LogP contribution in [0.1, 0.15) is 17.3 Å². The van der Waals surface area contributed by atoms with Gasteiger partial charge < -0.3 is 10.1 Å². The van der Waals surface area contributed by atoms with Crippen LogP contribution in [0.15, 0.2) is 30.5 Å². The Kier molecular flexibility index (Phi) is 5.66. The molecule has 0 aliphatic heterocycles. The molecular formula is C12H15ClN2O2. The number of halogens is 1. The molecule has 4 nitrogen and oxygen atoms in total. The molecule has 0 saturated carbocycles. The molecule has 0 atom stereocenters. The lowest BCUT2D eigenvalue weighted by Crippen LogP contribution is -2.27. The summed E-state index contributed by atoms with van der Waals surface area (Å²) in [5, 5.41) is 3.02. The number of nitrogens with zero attached hydrogens (tertiary/aromatic N) is 1. The van der Waals surface area contributed by atoms with E-state index in [-0.39, 0.29) is 5.91 Å². The van der Waals surface area contributed by atoms with Gasteiger partial charge in [0, 0.05) is 18.3 Å². The Morgan fingerprint density at radius 3 is 3.06 bits per heavy atom. The zero-order valence-corrected chi connectivity index (χ0v) is 10.5. The van der Waals surface area contributed by atoms with E-state index >= 15 is 0 Å². The van der Waals surface area contributed by atoms with Crippen molar-refractivity contribution < 1.29 is 9.53 Å². The summed E-state index contributed by atoms with van der Waals surface area (Å²) in [5.41, 5.74) is 1.45. The first-order valence-corrected chi connectivity index (χ1v) is 5.59. The number of pyridine rings is 1. The van der Waals surface area contributed by atoms with Crippen molar-refractivity contribution >= 4 is 17.5 Å². The van der Waals surface area contributed by atoms with Crippen LogP contribution in [-0.4, -0.2) is 30.6 Å². The molecule has 0 aromatic carbocycles. The van der Waals surface area contributed by atoms with Crippen molar-refractivity contribution in [1.29, 1.82) is 0 Å². The Labute approximate surface area is 106 Å². The first-order chi connectivity index (χ1) is 8.09. The van der Waals surface area contributed by atoms with Crippen molar-refractivity contribution in [3.05, 3.63) is 41.2 Å². The number of rotatable bonds is 6. The molecule has 1 N–H and O–H groups in total. The maximum Gasteiger partial charge on any atom is 0.251 e. The number of hydrogen-bond acceptors (Lipinski definition) is 3. The second-order valence-corrected chi connectivity index (χ2v) is 4.02. The van der Waals surface area contributed by atoms with Gasteiger partial charge in [0.25, 0.3) is 5.91 Å². The summed E-state index contributed by atoms with van der Waals surface area (Å²) in [6.45, 7) is 7.01. The predicted molar refractivity (Wildman–Crippen MR) is 67.2 cm³/mol. The van der Waals surface area contributed by atoms with Gasteiger partial charge >= 0.3 is 0 Å². The normalized spacial score (nSPS) is 10.0. The molecule has 5 heteroatoms. The standard InChI is InChI=1S/C12H15ClN2O2/c1-9(2)8-17-6-5-15-12(16)10-3-4-14-11(13)7-10/h3-4,7H,1,5-6,8H2,2H3,(H,15,16). The predicted octanol–water partition coefficient (Wildman–Crippen LogP) is 2.06. The molecule has 1 aromatic rings. The fourth-order valence-corrected chi connectivity index (χ4v) is 1.30. The number of carbonyl (C=O) groups excluding carboxylic acids is 1. The van der Waals surface area contributed by atoms with Crippen molar-refractivity contribution in [2.24, 2.45) is 0 Å². The second-order valence-electron chi connectivity index (χ2n) is 3.63. The number of amides is 1. The van der Waals surface area contributed by atoms with Gasteiger partial charge in [0.1, 0.15) is 5.15 Å². The lowest BCUT2D eigenvalue weighted by atomic mass is 10.2. The van der Waals surface area contributed by atoms with Crippen LogP contribution in [0.4, 0.5) is 0 Å². The zero-order valence-electron chi connectivity index (χ0n) is 9.70. The molecule has 0 radical (unpaired) electrons. The Hall–Kier alpha value is -1.39. The van der Waals surface area contributed by atoms with Crippen molar-refractivity contribution in [3.63, 3.8) is 0 Å². The van der Waals surface area contributed by atoms with Gasteiger partial charge in [-0.15, -0.1) is 0 Å². The highest BCUT2D eigenvalue weighted by atomic mass is 35.5. The molecule has 1 rings (SSSR count). The maximum absolute atomic E-state index is 11.6. The second kappa shape index (κ2) is 7.04. The SMILES string of the molecule is C=C(C)COCCNC(=O)c1ccnc(Cl)c1. The molecule has 1 heterocycles. The summed E-state index contributed by atoms with van der Waals surface area (Å²) >= 11 is 5.68. The summed E-state index contributed by atoms with van der Waals surface area (Å²) in [5.74, 6) is -0.187. The van der Waals surface area contributed by atoms with E-state index in [0.717, 1.165) is 5.57 Å². The molecule has 1 aromatic heterocycles. The Bertz CT molecular complexity index is 407. The molecule has 0 aliphatic rings. The number of hydrogen-bond donors (Lipinski definition) is 1. The van der Waals surface area contributed by atoms with Gasteiger partial charge in [-0.05, 0) is 19.1 Å². The van der Waals surface area contributed by atoms with Gasteiger partial charge in [-0.1, -0.05) is 23.8 Å². The van der Waals surface area contributed by atoms with E-state index in [4.69, 9.17) is 16.3 Å². The summed E-state index contributed by atoms with van der Waals surface area (Å²) in [7, 11) is 0. The fraction of sp³-hybridized carbons (Fsp3) is 0.333. The molecule has 0 unspecified atom stereocenters. The van der Waals surface area contributed by atoms with Crippen molar-refractivity contribution in [1.82, 2.24) is 10.3 Å². The first-order valence-electron chi connectivity index (χ1n) is 5.21. The Balaban J connectivity index is 2.28. The third kappa shape index (κ3) is 5.47. The van der Waals surface area contributed by atoms with Gasteiger partial charge in [0.05, 0.1) is 13.2 Å². The summed E-state index contributed by atoms with van der Waals surface area (Å²) in [4.78, 5) is 15.4. The molecular weight excluding hydrogens is 240 g/mol. The minimum atomic E-state index is -0.187. The average Bonchev–Trinajstić information content (AvgIpc) is 2.28. The molecule has 0 saturated heterocycles. The highest BCUT2D eigenvalue weighted by Crippen LogP contribution is 2.06. The fourth-order valence-electron chi connectivity index (χ4n) is 1.13. The average molecular weight is 255 g/mol. The van der Waals surface area contributed by atoms with Crippen LogP contribution in [0.2, 0.25) is 5.15 Å². The topological polar surface area (TPSA) is 51.2 Å². The molecule has 92 valence electrons. The zero-order chi connectivity index (χ0) is 12.7. The highest BCUT2D eigenvalue weighted by Gasteiger charge is 2.05. The largest absolute Gasteiger partial charge is 0.375 e. The smallest absolute Gasteiger partial charge is 0.251 e. The van der Waals surface area contributed by atoms with Crippen LogP contribution < -0.4 is 5.32 Å². The summed E-state index contributed by atoms with van der Waals surface area (Å²) in [6.07, 6.45) is 1.49. The summed E-state index contributed by atoms with van der Waals surface area (Å²) in [6, 6.07) is 3.13. The van der Waals surface area contributed by atoms with Crippen LogP contribution in [0, 0.1) is 0 Å².